The van der Waals surface area contributed by atoms with Crippen LogP contribution >= 0.6 is 0 Å². The second-order valence-corrected chi connectivity index (χ2v) is 8.98. The zero-order chi connectivity index (χ0) is 29.6. The van der Waals surface area contributed by atoms with Gasteiger partial charge in [-0.25, -0.2) is 9.59 Å². The summed E-state index contributed by atoms with van der Waals surface area (Å²) >= 11 is 0. The number of alkyl halides is 5. The Hall–Kier alpha value is -3.41. The number of halogens is 5. The number of hydrogen-bond donors (Lipinski definition) is 1. The molecule has 1 atom stereocenters. The van der Waals surface area contributed by atoms with E-state index in [-0.39, 0.29) is 45.8 Å². The summed E-state index contributed by atoms with van der Waals surface area (Å²) in [5, 5.41) is 9.22. The number of carbonyl (C=O) groups excluding carboxylic acids is 1. The maximum absolute atomic E-state index is 13.2. The zero-order valence-electron chi connectivity index (χ0n) is 22.2. The molecule has 0 heterocycles. The molecule has 0 spiro atoms. The molecule has 1 amide bonds. The Kier molecular flexibility index (Phi) is 13.1. The van der Waals surface area contributed by atoms with E-state index in [2.05, 4.69) is 0 Å². The highest BCUT2D eigenvalue weighted by atomic mass is 19.4. The van der Waals surface area contributed by atoms with Crippen LogP contribution in [0.3, 0.4) is 0 Å². The molecule has 0 aromatic heterocycles. The van der Waals surface area contributed by atoms with Gasteiger partial charge in [-0.3, -0.25) is 0 Å². The van der Waals surface area contributed by atoms with Crippen molar-refractivity contribution in [3.8, 4) is 5.75 Å². The van der Waals surface area contributed by atoms with Gasteiger partial charge in [0.1, 0.15) is 12.4 Å². The van der Waals surface area contributed by atoms with Crippen LogP contribution in [0.4, 0.5) is 26.7 Å². The summed E-state index contributed by atoms with van der Waals surface area (Å²) in [4.78, 5) is 25.1. The van der Waals surface area contributed by atoms with Crippen LogP contribution in [-0.4, -0.2) is 73.2 Å². The molecule has 1 unspecified atom stereocenters. The van der Waals surface area contributed by atoms with Crippen molar-refractivity contribution in [3.63, 3.8) is 0 Å². The molecule has 0 aliphatic rings. The van der Waals surface area contributed by atoms with Crippen LogP contribution in [0.5, 0.6) is 5.75 Å². The molecule has 2 rings (SSSR count). The summed E-state index contributed by atoms with van der Waals surface area (Å²) in [6.07, 6.45) is -8.61. The Bertz CT molecular complexity index is 1030. The van der Waals surface area contributed by atoms with Crippen molar-refractivity contribution in [2.24, 2.45) is 0 Å². The van der Waals surface area contributed by atoms with Crippen LogP contribution < -0.4 is 4.74 Å². The molecule has 0 aliphatic heterocycles. The minimum absolute atomic E-state index is 0.00252. The van der Waals surface area contributed by atoms with Gasteiger partial charge in [0.15, 0.2) is 6.10 Å². The third-order valence-corrected chi connectivity index (χ3v) is 5.92. The fourth-order valence-corrected chi connectivity index (χ4v) is 3.71. The van der Waals surface area contributed by atoms with Crippen molar-refractivity contribution in [2.45, 2.75) is 57.2 Å². The molecular formula is C28H34F5NO6. The number of rotatable bonds is 17. The fourth-order valence-electron chi connectivity index (χ4n) is 3.71. The normalized spacial score (nSPS) is 12.6. The largest absolute Gasteiger partial charge is 0.492 e. The van der Waals surface area contributed by atoms with Gasteiger partial charge in [0.2, 0.25) is 0 Å². The van der Waals surface area contributed by atoms with Crippen molar-refractivity contribution in [2.75, 3.05) is 32.9 Å². The summed E-state index contributed by atoms with van der Waals surface area (Å²) in [5.41, 5.74) is 1.66. The predicted octanol–water partition coefficient (Wildman–Crippen LogP) is 6.15. The molecule has 1 N–H and O–H groups in total. The molecular weight excluding hydrogens is 541 g/mol. The van der Waals surface area contributed by atoms with E-state index in [1.54, 1.807) is 31.2 Å². The van der Waals surface area contributed by atoms with E-state index in [1.807, 2.05) is 30.3 Å². The Balaban J connectivity index is 1.90. The minimum Gasteiger partial charge on any atom is -0.492 e. The fraction of sp³-hybridized carbons (Fsp3) is 0.500. The Morgan fingerprint density at radius 2 is 1.57 bits per heavy atom. The van der Waals surface area contributed by atoms with Gasteiger partial charge in [0, 0.05) is 32.4 Å². The molecule has 0 saturated heterocycles. The van der Waals surface area contributed by atoms with Crippen molar-refractivity contribution in [3.05, 3.63) is 65.7 Å². The molecule has 0 radical (unpaired) electrons. The maximum Gasteiger partial charge on any atom is 0.453 e. The van der Waals surface area contributed by atoms with Gasteiger partial charge in [-0.05, 0) is 43.0 Å². The van der Waals surface area contributed by atoms with Gasteiger partial charge >= 0.3 is 24.2 Å². The first-order valence-electron chi connectivity index (χ1n) is 12.9. The topological polar surface area (TPSA) is 85.3 Å². The quantitative estimate of drug-likeness (QED) is 0.180. The number of hydrogen-bond acceptors (Lipinski definition) is 5. The molecule has 12 heteroatoms. The molecule has 222 valence electrons. The average molecular weight is 576 g/mol. The smallest absolute Gasteiger partial charge is 0.453 e. The van der Waals surface area contributed by atoms with Gasteiger partial charge in [-0.15, -0.1) is 0 Å². The van der Waals surface area contributed by atoms with Crippen molar-refractivity contribution >= 4 is 12.1 Å². The van der Waals surface area contributed by atoms with E-state index in [1.165, 1.54) is 4.90 Å². The van der Waals surface area contributed by atoms with Gasteiger partial charge in [-0.2, -0.15) is 22.0 Å². The van der Waals surface area contributed by atoms with Gasteiger partial charge in [-0.1, -0.05) is 42.5 Å². The summed E-state index contributed by atoms with van der Waals surface area (Å²) < 4.78 is 79.9. The first-order valence-corrected chi connectivity index (χ1v) is 12.9. The highest BCUT2D eigenvalue weighted by Gasteiger charge is 2.56. The molecule has 0 saturated carbocycles. The monoisotopic (exact) mass is 575 g/mol. The number of benzene rings is 2. The lowest BCUT2D eigenvalue weighted by Gasteiger charge is -2.23. The Morgan fingerprint density at radius 3 is 2.17 bits per heavy atom. The number of ether oxygens (including phenoxy) is 3. The van der Waals surface area contributed by atoms with E-state index in [0.29, 0.717) is 17.7 Å². The van der Waals surface area contributed by atoms with E-state index in [9.17, 15) is 36.6 Å². The zero-order valence-corrected chi connectivity index (χ0v) is 22.2. The van der Waals surface area contributed by atoms with Crippen LogP contribution in [0.25, 0.3) is 0 Å². The SMILES string of the molecule is CCOC(Cc1ccc(OCCN(CCCCC(F)(F)C(F)(F)F)C(=O)OCCc2ccccc2)cc1)C(=O)O. The van der Waals surface area contributed by atoms with Crippen molar-refractivity contribution < 1.29 is 50.9 Å². The minimum atomic E-state index is -5.62. The number of amides is 1. The number of carboxylic acids is 1. The standard InChI is InChI=1S/C28H34F5NO6/c1-2-38-24(25(35)36)20-22-10-12-23(13-11-22)39-19-17-34(16-7-6-15-27(29,30)28(31,32)33)26(37)40-18-14-21-8-4-3-5-9-21/h3-5,8-13,24H,2,6-7,14-20H2,1H3,(H,35,36). The highest BCUT2D eigenvalue weighted by Crippen LogP contribution is 2.39. The lowest BCUT2D eigenvalue weighted by molar-refractivity contribution is -0.284. The second kappa shape index (κ2) is 16.0. The molecule has 7 nitrogen and oxygen atoms in total. The summed E-state index contributed by atoms with van der Waals surface area (Å²) in [6.45, 7) is 1.94. The average Bonchev–Trinajstić information content (AvgIpc) is 2.90. The highest BCUT2D eigenvalue weighted by molar-refractivity contribution is 5.72. The van der Waals surface area contributed by atoms with Gasteiger partial charge < -0.3 is 24.2 Å². The molecule has 0 aliphatic carbocycles. The van der Waals surface area contributed by atoms with Crippen LogP contribution in [-0.2, 0) is 27.1 Å². The van der Waals surface area contributed by atoms with Gasteiger partial charge in [0.05, 0.1) is 13.2 Å². The first kappa shape index (κ1) is 32.8. The lowest BCUT2D eigenvalue weighted by Crippen LogP contribution is -2.38. The predicted molar refractivity (Wildman–Crippen MR) is 137 cm³/mol. The molecule has 0 fully saturated rings. The molecule has 40 heavy (non-hydrogen) atoms. The Labute approximate surface area is 229 Å². The summed E-state index contributed by atoms with van der Waals surface area (Å²) in [6, 6.07) is 15.9. The number of aliphatic carboxylic acids is 1. The molecule has 2 aromatic rings. The number of carbonyl (C=O) groups is 2. The number of unbranched alkanes of at least 4 members (excludes halogenated alkanes) is 1. The van der Waals surface area contributed by atoms with Gasteiger partial charge in [0.25, 0.3) is 0 Å². The lowest BCUT2D eigenvalue weighted by atomic mass is 10.1. The molecule has 0 bridgehead atoms. The first-order chi connectivity index (χ1) is 18.9. The van der Waals surface area contributed by atoms with Crippen molar-refractivity contribution in [1.82, 2.24) is 4.90 Å². The second-order valence-electron chi connectivity index (χ2n) is 8.98. The van der Waals surface area contributed by atoms with E-state index in [4.69, 9.17) is 14.2 Å². The summed E-state index contributed by atoms with van der Waals surface area (Å²) in [7, 11) is 0. The van der Waals surface area contributed by atoms with E-state index < -0.39 is 43.1 Å². The third kappa shape index (κ3) is 11.4. The molecule has 2 aromatic carbocycles. The summed E-state index contributed by atoms with van der Waals surface area (Å²) in [5.74, 6) is -5.43. The number of nitrogens with zero attached hydrogens (tertiary/aromatic N) is 1. The Morgan fingerprint density at radius 1 is 0.900 bits per heavy atom. The van der Waals surface area contributed by atoms with E-state index >= 15 is 0 Å². The van der Waals surface area contributed by atoms with Crippen LogP contribution in [0.15, 0.2) is 54.6 Å². The number of carboxylic acid groups (broad SMARTS) is 1. The maximum atomic E-state index is 13.2. The van der Waals surface area contributed by atoms with Crippen LogP contribution in [0, 0.1) is 0 Å². The van der Waals surface area contributed by atoms with Crippen molar-refractivity contribution in [1.29, 1.82) is 0 Å². The van der Waals surface area contributed by atoms with E-state index in [0.717, 1.165) is 5.56 Å². The third-order valence-electron chi connectivity index (χ3n) is 5.92. The van der Waals surface area contributed by atoms with Crippen LogP contribution in [0.1, 0.15) is 37.3 Å². The van der Waals surface area contributed by atoms with Crippen LogP contribution in [0.2, 0.25) is 0 Å².